The number of rotatable bonds is 5. The summed E-state index contributed by atoms with van der Waals surface area (Å²) < 4.78 is 48.3. The van der Waals surface area contributed by atoms with Crippen LogP contribution in [0.3, 0.4) is 0 Å². The van der Waals surface area contributed by atoms with Crippen molar-refractivity contribution < 1.29 is 27.1 Å². The van der Waals surface area contributed by atoms with Gasteiger partial charge >= 0.3 is 6.18 Å². The number of halogens is 3. The number of ether oxygens (including phenoxy) is 1. The Morgan fingerprint density at radius 3 is 2.58 bits per heavy atom. The molecule has 1 aromatic carbocycles. The molecule has 24 heavy (non-hydrogen) atoms. The van der Waals surface area contributed by atoms with Crippen LogP contribution in [0, 0.1) is 0 Å². The predicted octanol–water partition coefficient (Wildman–Crippen LogP) is 5.12. The van der Waals surface area contributed by atoms with Crippen molar-refractivity contribution in [1.29, 1.82) is 0 Å². The van der Waals surface area contributed by atoms with Crippen LogP contribution in [0.1, 0.15) is 36.8 Å². The fourth-order valence-electron chi connectivity index (χ4n) is 1.82. The zero-order chi connectivity index (χ0) is 18.3. The normalized spacial score (nSPS) is 10.6. The summed E-state index contributed by atoms with van der Waals surface area (Å²) in [6, 6.07) is 4.45. The third-order valence-electron chi connectivity index (χ3n) is 2.81. The molecule has 0 aliphatic rings. The van der Waals surface area contributed by atoms with Crippen LogP contribution in [0.5, 0.6) is 0 Å². The average molecular weight is 341 g/mol. The van der Waals surface area contributed by atoms with Gasteiger partial charge in [-0.2, -0.15) is 13.2 Å². The van der Waals surface area contributed by atoms with Crippen LogP contribution in [-0.4, -0.2) is 17.4 Å². The molecule has 0 fully saturated rings. The fraction of sp³-hybridized carbons (Fsp3) is 0.294. The zero-order valence-corrected chi connectivity index (χ0v) is 13.6. The number of allylic oxidation sites excluding steroid dienone is 1. The Hall–Kier alpha value is -2.57. The van der Waals surface area contributed by atoms with Crippen LogP contribution in [-0.2, 0) is 10.9 Å². The van der Waals surface area contributed by atoms with Crippen molar-refractivity contribution in [2.45, 2.75) is 26.9 Å². The first-order valence-electron chi connectivity index (χ1n) is 7.32. The summed E-state index contributed by atoms with van der Waals surface area (Å²) in [6.45, 7) is 9.37. The third-order valence-corrected chi connectivity index (χ3v) is 2.81. The van der Waals surface area contributed by atoms with Crippen LogP contribution < -0.4 is 0 Å². The Morgan fingerprint density at radius 2 is 2.00 bits per heavy atom. The summed E-state index contributed by atoms with van der Waals surface area (Å²) in [4.78, 5) is 15.9. The fourth-order valence-corrected chi connectivity index (χ4v) is 1.82. The van der Waals surface area contributed by atoms with Crippen molar-refractivity contribution in [2.24, 2.45) is 0 Å². The van der Waals surface area contributed by atoms with Crippen molar-refractivity contribution >= 4 is 5.78 Å². The Balaban J connectivity index is 0.00000139. The first kappa shape index (κ1) is 19.5. The molecular formula is C17H18F3NO3. The monoisotopic (exact) mass is 341 g/mol. The smallest absolute Gasteiger partial charge is 0.416 e. The second kappa shape index (κ2) is 8.33. The number of hydrogen-bond acceptors (Lipinski definition) is 4. The highest BCUT2D eigenvalue weighted by Gasteiger charge is 2.31. The Bertz CT molecular complexity index is 705. The van der Waals surface area contributed by atoms with E-state index in [4.69, 9.17) is 9.15 Å². The molecule has 0 radical (unpaired) electrons. The number of ketones is 1. The van der Waals surface area contributed by atoms with Crippen molar-refractivity contribution in [2.75, 3.05) is 6.61 Å². The van der Waals surface area contributed by atoms with Crippen LogP contribution in [0.15, 0.2) is 47.4 Å². The summed E-state index contributed by atoms with van der Waals surface area (Å²) >= 11 is 0. The number of alkyl halides is 3. The van der Waals surface area contributed by atoms with E-state index in [1.807, 2.05) is 13.8 Å². The van der Waals surface area contributed by atoms with E-state index in [0.717, 1.165) is 18.5 Å². The predicted molar refractivity (Wildman–Crippen MR) is 83.4 cm³/mol. The highest BCUT2D eigenvalue weighted by molar-refractivity contribution is 6.08. The summed E-state index contributed by atoms with van der Waals surface area (Å²) in [5, 5.41) is 0. The largest absolute Gasteiger partial charge is 0.490 e. The van der Waals surface area contributed by atoms with E-state index in [-0.39, 0.29) is 29.4 Å². The molecule has 0 saturated heterocycles. The van der Waals surface area contributed by atoms with Gasteiger partial charge in [-0.25, -0.2) is 4.98 Å². The molecule has 4 nitrogen and oxygen atoms in total. The molecule has 0 N–H and O–H groups in total. The number of carbonyl (C=O) groups excluding carboxylic acids is 1. The van der Waals surface area contributed by atoms with Gasteiger partial charge in [-0.1, -0.05) is 32.6 Å². The first-order valence-corrected chi connectivity index (χ1v) is 7.32. The quantitative estimate of drug-likeness (QED) is 0.430. The summed E-state index contributed by atoms with van der Waals surface area (Å²) in [5.41, 5.74) is -0.888. The lowest BCUT2D eigenvalue weighted by atomic mass is 10.1. The molecule has 1 aromatic heterocycles. The summed E-state index contributed by atoms with van der Waals surface area (Å²) in [5.74, 6) is -0.843. The summed E-state index contributed by atoms with van der Waals surface area (Å²) in [6.07, 6.45) is -3.50. The molecule has 0 unspecified atom stereocenters. The second-order valence-electron chi connectivity index (χ2n) is 4.29. The van der Waals surface area contributed by atoms with Gasteiger partial charge in [0.15, 0.2) is 23.6 Å². The number of aromatic nitrogens is 1. The van der Waals surface area contributed by atoms with Gasteiger partial charge < -0.3 is 9.15 Å². The van der Waals surface area contributed by atoms with Crippen LogP contribution >= 0.6 is 0 Å². The minimum absolute atomic E-state index is 0.0584. The minimum Gasteiger partial charge on any atom is -0.490 e. The summed E-state index contributed by atoms with van der Waals surface area (Å²) in [7, 11) is 0. The average Bonchev–Trinajstić information content (AvgIpc) is 3.05. The molecule has 0 saturated carbocycles. The molecular weight excluding hydrogens is 323 g/mol. The van der Waals surface area contributed by atoms with Gasteiger partial charge in [0.1, 0.15) is 0 Å². The van der Waals surface area contributed by atoms with Crippen molar-refractivity contribution in [3.05, 3.63) is 54.3 Å². The SMILES string of the molecule is C=C(OCC)C(=O)c1ncoc1-c1cccc(C(F)(F)F)c1.CC. The van der Waals surface area contributed by atoms with Gasteiger partial charge in [0.05, 0.1) is 12.2 Å². The number of nitrogens with zero attached hydrogens (tertiary/aromatic N) is 1. The molecule has 0 spiro atoms. The molecule has 0 amide bonds. The van der Waals surface area contributed by atoms with Gasteiger partial charge in [-0.15, -0.1) is 0 Å². The van der Waals surface area contributed by atoms with Gasteiger partial charge in [0, 0.05) is 5.56 Å². The Morgan fingerprint density at radius 1 is 1.33 bits per heavy atom. The molecule has 1 heterocycles. The van der Waals surface area contributed by atoms with E-state index >= 15 is 0 Å². The topological polar surface area (TPSA) is 52.3 Å². The zero-order valence-electron chi connectivity index (χ0n) is 13.6. The van der Waals surface area contributed by atoms with Crippen molar-refractivity contribution in [3.63, 3.8) is 0 Å². The maximum absolute atomic E-state index is 12.7. The standard InChI is InChI=1S/C15H12F3NO3.C2H6/c1-3-21-9(2)13(20)12-14(22-8-19-12)10-5-4-6-11(7-10)15(16,17)18;1-2/h4-8H,2-3H2,1H3;1-2H3. The van der Waals surface area contributed by atoms with E-state index in [1.54, 1.807) is 6.92 Å². The number of carbonyl (C=O) groups is 1. The second-order valence-corrected chi connectivity index (χ2v) is 4.29. The molecule has 2 rings (SSSR count). The molecule has 0 atom stereocenters. The van der Waals surface area contributed by atoms with Crippen LogP contribution in [0.2, 0.25) is 0 Å². The maximum Gasteiger partial charge on any atom is 0.416 e. The lowest BCUT2D eigenvalue weighted by Crippen LogP contribution is -2.08. The first-order chi connectivity index (χ1) is 11.3. The lowest BCUT2D eigenvalue weighted by Gasteiger charge is -2.08. The molecule has 2 aromatic rings. The van der Waals surface area contributed by atoms with Crippen LogP contribution in [0.25, 0.3) is 11.3 Å². The van der Waals surface area contributed by atoms with Gasteiger partial charge in [0.2, 0.25) is 5.78 Å². The molecule has 0 aliphatic heterocycles. The van der Waals surface area contributed by atoms with E-state index < -0.39 is 17.5 Å². The van der Waals surface area contributed by atoms with E-state index in [1.165, 1.54) is 12.1 Å². The number of benzene rings is 1. The van der Waals surface area contributed by atoms with Crippen molar-refractivity contribution in [3.8, 4) is 11.3 Å². The highest BCUT2D eigenvalue weighted by Crippen LogP contribution is 2.33. The molecule has 0 bridgehead atoms. The number of Topliss-reactive ketones (excluding diaryl/α,β-unsaturated/α-hetero) is 1. The van der Waals surface area contributed by atoms with Gasteiger partial charge in [0.25, 0.3) is 0 Å². The van der Waals surface area contributed by atoms with Crippen LogP contribution in [0.4, 0.5) is 13.2 Å². The third kappa shape index (κ3) is 4.47. The Labute approximate surface area is 138 Å². The molecule has 130 valence electrons. The Kier molecular flexibility index (Phi) is 6.76. The lowest BCUT2D eigenvalue weighted by molar-refractivity contribution is -0.137. The van der Waals surface area contributed by atoms with E-state index in [2.05, 4.69) is 11.6 Å². The maximum atomic E-state index is 12.7. The van der Waals surface area contributed by atoms with Crippen molar-refractivity contribution in [1.82, 2.24) is 4.98 Å². The molecule has 0 aliphatic carbocycles. The highest BCUT2D eigenvalue weighted by atomic mass is 19.4. The van der Waals surface area contributed by atoms with Gasteiger partial charge in [-0.05, 0) is 19.1 Å². The van der Waals surface area contributed by atoms with E-state index in [9.17, 15) is 18.0 Å². The van der Waals surface area contributed by atoms with Gasteiger partial charge in [-0.3, -0.25) is 4.79 Å². The number of hydrogen-bond donors (Lipinski definition) is 0. The van der Waals surface area contributed by atoms with E-state index in [0.29, 0.717) is 0 Å². The number of oxazole rings is 1. The minimum atomic E-state index is -4.49. The molecule has 7 heteroatoms.